The lowest BCUT2D eigenvalue weighted by molar-refractivity contribution is 0.414. The van der Waals surface area contributed by atoms with Crippen LogP contribution in [0.15, 0.2) is 45.8 Å². The quantitative estimate of drug-likeness (QED) is 0.660. The lowest BCUT2D eigenvalue weighted by Gasteiger charge is -2.10. The minimum absolute atomic E-state index is 0.0846. The van der Waals surface area contributed by atoms with Crippen molar-refractivity contribution in [2.45, 2.75) is 10.6 Å². The molecule has 0 aliphatic carbocycles. The highest BCUT2D eigenvalue weighted by Crippen LogP contribution is 2.28. The molecule has 0 atom stereocenters. The number of benzene rings is 2. The lowest BCUT2D eigenvalue weighted by atomic mass is 10.2. The van der Waals surface area contributed by atoms with E-state index in [-0.39, 0.29) is 16.3 Å². The van der Waals surface area contributed by atoms with Crippen LogP contribution in [0.3, 0.4) is 0 Å². The molecule has 0 radical (unpaired) electrons. The predicted octanol–water partition coefficient (Wildman–Crippen LogP) is 3.15. The Morgan fingerprint density at radius 2 is 1.95 bits per heavy atom. The summed E-state index contributed by atoms with van der Waals surface area (Å²) in [5.41, 5.74) is 6.04. The average molecular weight is 374 g/mol. The topological polar surface area (TPSA) is 69.4 Å². The second kappa shape index (κ2) is 6.03. The van der Waals surface area contributed by atoms with Gasteiger partial charge in [-0.15, -0.1) is 0 Å². The fourth-order valence-electron chi connectivity index (χ4n) is 1.87. The molecule has 0 aliphatic heterocycles. The van der Waals surface area contributed by atoms with Crippen LogP contribution in [0.2, 0.25) is 0 Å². The zero-order chi connectivity index (χ0) is 15.6. The molecule has 0 fully saturated rings. The summed E-state index contributed by atoms with van der Waals surface area (Å²) in [7, 11) is -2.19. The molecule has 0 saturated heterocycles. The molecule has 0 saturated carbocycles. The maximum Gasteiger partial charge on any atom is 0.184 e. The highest BCUT2D eigenvalue weighted by atomic mass is 79.9. The van der Waals surface area contributed by atoms with Gasteiger partial charge in [0.25, 0.3) is 0 Å². The summed E-state index contributed by atoms with van der Waals surface area (Å²) in [6, 6.07) is 8.29. The van der Waals surface area contributed by atoms with Crippen LogP contribution in [0, 0.1) is 5.82 Å². The molecule has 4 nitrogen and oxygen atoms in total. The lowest BCUT2D eigenvalue weighted by Crippen LogP contribution is -2.09. The minimum atomic E-state index is -3.69. The Hall–Kier alpha value is -1.60. The van der Waals surface area contributed by atoms with Gasteiger partial charge in [0.05, 0.1) is 23.4 Å². The molecule has 2 aromatic carbocycles. The molecule has 7 heteroatoms. The summed E-state index contributed by atoms with van der Waals surface area (Å²) in [5.74, 6) is -0.287. The summed E-state index contributed by atoms with van der Waals surface area (Å²) < 4.78 is 43.6. The third-order valence-electron chi connectivity index (χ3n) is 2.91. The number of anilines is 1. The van der Waals surface area contributed by atoms with Crippen molar-refractivity contribution in [2.24, 2.45) is 0 Å². The van der Waals surface area contributed by atoms with Crippen molar-refractivity contribution in [1.29, 1.82) is 0 Å². The van der Waals surface area contributed by atoms with E-state index in [1.807, 2.05) is 0 Å². The average Bonchev–Trinajstić information content (AvgIpc) is 2.40. The van der Waals surface area contributed by atoms with Gasteiger partial charge < -0.3 is 10.5 Å². The highest BCUT2D eigenvalue weighted by molar-refractivity contribution is 9.10. The molecule has 0 unspecified atom stereocenters. The molecule has 0 aromatic heterocycles. The first-order chi connectivity index (χ1) is 9.83. The zero-order valence-electron chi connectivity index (χ0n) is 11.1. The van der Waals surface area contributed by atoms with Gasteiger partial charge in [0.2, 0.25) is 0 Å². The first-order valence-corrected chi connectivity index (χ1v) is 8.38. The Morgan fingerprint density at radius 3 is 2.57 bits per heavy atom. The van der Waals surface area contributed by atoms with E-state index in [0.717, 1.165) is 12.1 Å². The molecule has 2 rings (SSSR count). The van der Waals surface area contributed by atoms with Crippen LogP contribution in [0.4, 0.5) is 10.1 Å². The van der Waals surface area contributed by atoms with Gasteiger partial charge in [0, 0.05) is 4.47 Å². The molecular formula is C14H13BrFNO3S. The van der Waals surface area contributed by atoms with Gasteiger partial charge in [-0.05, 0) is 42.0 Å². The normalized spacial score (nSPS) is 11.4. The number of ether oxygens (including phenoxy) is 1. The molecule has 0 bridgehead atoms. The second-order valence-electron chi connectivity index (χ2n) is 4.40. The molecule has 0 amide bonds. The van der Waals surface area contributed by atoms with Crippen LogP contribution < -0.4 is 10.5 Å². The van der Waals surface area contributed by atoms with E-state index >= 15 is 0 Å². The second-order valence-corrected chi connectivity index (χ2v) is 7.21. The SMILES string of the molecule is COc1ccc(Br)c(CS(=O)(=O)c2ccc(F)cc2N)c1. The number of hydrogen-bond donors (Lipinski definition) is 1. The number of rotatable bonds is 4. The van der Waals surface area contributed by atoms with Crippen molar-refractivity contribution < 1.29 is 17.5 Å². The van der Waals surface area contributed by atoms with Gasteiger partial charge in [-0.3, -0.25) is 0 Å². The third-order valence-corrected chi connectivity index (χ3v) is 5.41. The minimum Gasteiger partial charge on any atom is -0.497 e. The maximum atomic E-state index is 13.0. The van der Waals surface area contributed by atoms with Gasteiger partial charge in [-0.2, -0.15) is 0 Å². The van der Waals surface area contributed by atoms with Gasteiger partial charge in [-0.1, -0.05) is 15.9 Å². The monoisotopic (exact) mass is 373 g/mol. The Kier molecular flexibility index (Phi) is 4.53. The highest BCUT2D eigenvalue weighted by Gasteiger charge is 2.20. The molecular weight excluding hydrogens is 361 g/mol. The van der Waals surface area contributed by atoms with E-state index in [9.17, 15) is 12.8 Å². The van der Waals surface area contributed by atoms with Gasteiger partial charge in [-0.25, -0.2) is 12.8 Å². The number of nitrogen functional groups attached to an aromatic ring is 1. The summed E-state index contributed by atoms with van der Waals surface area (Å²) in [5, 5.41) is 0. The van der Waals surface area contributed by atoms with Gasteiger partial charge >= 0.3 is 0 Å². The molecule has 0 aliphatic rings. The Balaban J connectivity index is 2.42. The molecule has 2 aromatic rings. The van der Waals surface area contributed by atoms with E-state index in [1.54, 1.807) is 18.2 Å². The smallest absolute Gasteiger partial charge is 0.184 e. The summed E-state index contributed by atoms with van der Waals surface area (Å²) in [6.07, 6.45) is 0. The molecule has 0 heterocycles. The number of sulfone groups is 1. The van der Waals surface area contributed by atoms with Crippen molar-refractivity contribution >= 4 is 31.5 Å². The van der Waals surface area contributed by atoms with E-state index < -0.39 is 15.7 Å². The van der Waals surface area contributed by atoms with Crippen LogP contribution in [0.1, 0.15) is 5.56 Å². The molecule has 112 valence electrons. The Morgan fingerprint density at radius 1 is 1.24 bits per heavy atom. The maximum absolute atomic E-state index is 13.0. The number of hydrogen-bond acceptors (Lipinski definition) is 4. The van der Waals surface area contributed by atoms with Crippen LogP contribution in [-0.4, -0.2) is 15.5 Å². The van der Waals surface area contributed by atoms with Gasteiger partial charge in [0.1, 0.15) is 11.6 Å². The summed E-state index contributed by atoms with van der Waals surface area (Å²) in [6.45, 7) is 0. The van der Waals surface area contributed by atoms with Crippen molar-refractivity contribution in [2.75, 3.05) is 12.8 Å². The fourth-order valence-corrected chi connectivity index (χ4v) is 3.94. The Bertz CT molecular complexity index is 778. The first kappa shape index (κ1) is 15.8. The first-order valence-electron chi connectivity index (χ1n) is 5.93. The predicted molar refractivity (Wildman–Crippen MR) is 82.4 cm³/mol. The van der Waals surface area contributed by atoms with E-state index in [2.05, 4.69) is 15.9 Å². The van der Waals surface area contributed by atoms with Crippen molar-refractivity contribution in [1.82, 2.24) is 0 Å². The van der Waals surface area contributed by atoms with Crippen LogP contribution in [0.25, 0.3) is 0 Å². The van der Waals surface area contributed by atoms with E-state index in [1.165, 1.54) is 13.2 Å². The number of nitrogens with two attached hydrogens (primary N) is 1. The van der Waals surface area contributed by atoms with E-state index in [0.29, 0.717) is 15.8 Å². The van der Waals surface area contributed by atoms with Crippen molar-refractivity contribution in [3.8, 4) is 5.75 Å². The Labute approximate surface area is 130 Å². The van der Waals surface area contributed by atoms with Crippen LogP contribution in [0.5, 0.6) is 5.75 Å². The summed E-state index contributed by atoms with van der Waals surface area (Å²) >= 11 is 3.30. The van der Waals surface area contributed by atoms with E-state index in [4.69, 9.17) is 10.5 Å². The number of halogens is 2. The zero-order valence-corrected chi connectivity index (χ0v) is 13.5. The standard InChI is InChI=1S/C14H13BrFNO3S/c1-20-11-3-4-12(15)9(6-11)8-21(18,19)14-5-2-10(16)7-13(14)17/h2-7H,8,17H2,1H3. The largest absolute Gasteiger partial charge is 0.497 e. The number of methoxy groups -OCH3 is 1. The third kappa shape index (κ3) is 3.54. The fraction of sp³-hybridized carbons (Fsp3) is 0.143. The molecule has 0 spiro atoms. The van der Waals surface area contributed by atoms with Crippen LogP contribution >= 0.6 is 15.9 Å². The van der Waals surface area contributed by atoms with Crippen molar-refractivity contribution in [3.63, 3.8) is 0 Å². The molecule has 21 heavy (non-hydrogen) atoms. The van der Waals surface area contributed by atoms with Crippen molar-refractivity contribution in [3.05, 3.63) is 52.3 Å². The van der Waals surface area contributed by atoms with Crippen LogP contribution in [-0.2, 0) is 15.6 Å². The summed E-state index contributed by atoms with van der Waals surface area (Å²) in [4.78, 5) is -0.0846. The van der Waals surface area contributed by atoms with Gasteiger partial charge in [0.15, 0.2) is 9.84 Å². The molecule has 2 N–H and O–H groups in total.